The van der Waals surface area contributed by atoms with Gasteiger partial charge < -0.3 is 4.74 Å². The molecule has 0 saturated carbocycles. The van der Waals surface area contributed by atoms with E-state index in [9.17, 15) is 18.0 Å². The monoisotopic (exact) mass is 205 g/mol. The van der Waals surface area contributed by atoms with Crippen LogP contribution in [0.5, 0.6) is 5.88 Å². The number of pyridine rings is 1. The van der Waals surface area contributed by atoms with E-state index >= 15 is 0 Å². The van der Waals surface area contributed by atoms with Gasteiger partial charge in [0.05, 0.1) is 0 Å². The second-order valence-corrected chi connectivity index (χ2v) is 2.45. The molecule has 0 amide bonds. The molecular weight excluding hydrogens is 199 g/mol. The molecule has 0 N–H and O–H groups in total. The summed E-state index contributed by atoms with van der Waals surface area (Å²) < 4.78 is 41.1. The van der Waals surface area contributed by atoms with Crippen LogP contribution in [-0.2, 0) is 11.0 Å². The maximum absolute atomic E-state index is 12.3. The Hall–Kier alpha value is -1.59. The summed E-state index contributed by atoms with van der Waals surface area (Å²) in [7, 11) is 0. The van der Waals surface area contributed by atoms with Crippen LogP contribution in [0.25, 0.3) is 0 Å². The van der Waals surface area contributed by atoms with Gasteiger partial charge in [-0.1, -0.05) is 0 Å². The normalized spacial score (nSPS) is 11.1. The van der Waals surface area contributed by atoms with Crippen molar-refractivity contribution in [3.63, 3.8) is 0 Å². The van der Waals surface area contributed by atoms with E-state index in [1.54, 1.807) is 0 Å². The average molecular weight is 205 g/mol. The lowest BCUT2D eigenvalue weighted by atomic mass is 10.2. The molecule has 14 heavy (non-hydrogen) atoms. The minimum Gasteiger partial charge on any atom is -0.407 e. The number of nitrogens with zero attached hydrogens (tertiary/aromatic N) is 1. The van der Waals surface area contributed by atoms with E-state index in [-0.39, 0.29) is 0 Å². The summed E-state index contributed by atoms with van der Waals surface area (Å²) in [5.74, 6) is -1.55. The zero-order valence-corrected chi connectivity index (χ0v) is 7.13. The SMILES string of the molecule is CC(=O)Oc1ncccc1C(F)(F)F. The van der Waals surface area contributed by atoms with Crippen molar-refractivity contribution >= 4 is 5.97 Å². The Bertz CT molecular complexity index is 349. The Morgan fingerprint density at radius 2 is 2.14 bits per heavy atom. The number of carbonyl (C=O) groups excluding carboxylic acids is 1. The first-order valence-corrected chi connectivity index (χ1v) is 3.62. The summed E-state index contributed by atoms with van der Waals surface area (Å²) >= 11 is 0. The number of aromatic nitrogens is 1. The zero-order valence-electron chi connectivity index (χ0n) is 7.13. The topological polar surface area (TPSA) is 39.2 Å². The van der Waals surface area contributed by atoms with Gasteiger partial charge in [0, 0.05) is 13.1 Å². The molecule has 6 heteroatoms. The molecule has 0 saturated heterocycles. The molecule has 0 unspecified atom stereocenters. The first-order valence-electron chi connectivity index (χ1n) is 3.62. The van der Waals surface area contributed by atoms with Crippen molar-refractivity contribution in [2.75, 3.05) is 0 Å². The van der Waals surface area contributed by atoms with Crippen molar-refractivity contribution in [3.8, 4) is 5.88 Å². The minimum absolute atomic E-state index is 0.715. The molecule has 76 valence electrons. The predicted octanol–water partition coefficient (Wildman–Crippen LogP) is 2.03. The Balaban J connectivity index is 3.10. The summed E-state index contributed by atoms with van der Waals surface area (Å²) in [4.78, 5) is 13.8. The molecule has 0 fully saturated rings. The molecule has 1 rings (SSSR count). The van der Waals surface area contributed by atoms with E-state index in [2.05, 4.69) is 9.72 Å². The number of rotatable bonds is 1. The number of esters is 1. The van der Waals surface area contributed by atoms with Gasteiger partial charge in [0.1, 0.15) is 5.56 Å². The number of hydrogen-bond donors (Lipinski definition) is 0. The number of halogens is 3. The lowest BCUT2D eigenvalue weighted by Crippen LogP contribution is -2.12. The van der Waals surface area contributed by atoms with Crippen molar-refractivity contribution in [1.29, 1.82) is 0 Å². The lowest BCUT2D eigenvalue weighted by molar-refractivity contribution is -0.142. The molecule has 1 aromatic heterocycles. The second-order valence-electron chi connectivity index (χ2n) is 2.45. The van der Waals surface area contributed by atoms with Crippen LogP contribution in [0.2, 0.25) is 0 Å². The van der Waals surface area contributed by atoms with Crippen LogP contribution < -0.4 is 4.74 Å². The number of alkyl halides is 3. The fraction of sp³-hybridized carbons (Fsp3) is 0.250. The first kappa shape index (κ1) is 10.5. The standard InChI is InChI=1S/C8H6F3NO2/c1-5(13)14-7-6(8(9,10)11)3-2-4-12-7/h2-4H,1H3. The van der Waals surface area contributed by atoms with E-state index in [0.717, 1.165) is 25.3 Å². The van der Waals surface area contributed by atoms with Gasteiger partial charge in [-0.25, -0.2) is 4.98 Å². The highest BCUT2D eigenvalue weighted by Crippen LogP contribution is 2.34. The molecular formula is C8H6F3NO2. The fourth-order valence-electron chi connectivity index (χ4n) is 0.824. The maximum atomic E-state index is 12.3. The molecule has 1 aromatic rings. The smallest absolute Gasteiger partial charge is 0.407 e. The van der Waals surface area contributed by atoms with E-state index in [0.29, 0.717) is 0 Å². The van der Waals surface area contributed by atoms with Gasteiger partial charge in [0.25, 0.3) is 0 Å². The third kappa shape index (κ3) is 2.45. The largest absolute Gasteiger partial charge is 0.421 e. The Morgan fingerprint density at radius 3 is 2.64 bits per heavy atom. The van der Waals surface area contributed by atoms with Gasteiger partial charge in [0.15, 0.2) is 0 Å². The van der Waals surface area contributed by atoms with Crippen molar-refractivity contribution in [2.45, 2.75) is 13.1 Å². The van der Waals surface area contributed by atoms with Crippen molar-refractivity contribution < 1.29 is 22.7 Å². The van der Waals surface area contributed by atoms with Gasteiger partial charge in [-0.15, -0.1) is 0 Å². The average Bonchev–Trinajstić information content (AvgIpc) is 2.01. The molecule has 0 aliphatic carbocycles. The summed E-state index contributed by atoms with van der Waals surface area (Å²) in [5.41, 5.74) is -1.06. The zero-order chi connectivity index (χ0) is 10.8. The van der Waals surface area contributed by atoms with Crippen LogP contribution in [-0.4, -0.2) is 11.0 Å². The molecule has 0 bridgehead atoms. The van der Waals surface area contributed by atoms with Gasteiger partial charge in [-0.2, -0.15) is 13.2 Å². The molecule has 3 nitrogen and oxygen atoms in total. The van der Waals surface area contributed by atoms with Crippen LogP contribution >= 0.6 is 0 Å². The molecule has 0 aromatic carbocycles. The lowest BCUT2D eigenvalue weighted by Gasteiger charge is -2.09. The number of carbonyl (C=O) groups is 1. The Labute approximate surface area is 77.5 Å². The van der Waals surface area contributed by atoms with E-state index in [1.165, 1.54) is 0 Å². The number of ether oxygens (including phenoxy) is 1. The van der Waals surface area contributed by atoms with Crippen LogP contribution in [0.1, 0.15) is 12.5 Å². The van der Waals surface area contributed by atoms with E-state index in [1.807, 2.05) is 0 Å². The summed E-state index contributed by atoms with van der Waals surface area (Å²) in [5, 5.41) is 0. The molecule has 0 radical (unpaired) electrons. The fourth-order valence-corrected chi connectivity index (χ4v) is 0.824. The third-order valence-electron chi connectivity index (χ3n) is 1.32. The number of hydrogen-bond acceptors (Lipinski definition) is 3. The van der Waals surface area contributed by atoms with Gasteiger partial charge >= 0.3 is 12.1 Å². The molecule has 0 aliphatic heterocycles. The van der Waals surface area contributed by atoms with Crippen molar-refractivity contribution in [2.24, 2.45) is 0 Å². The highest BCUT2D eigenvalue weighted by molar-refractivity contribution is 5.69. The van der Waals surface area contributed by atoms with Crippen molar-refractivity contribution in [3.05, 3.63) is 23.9 Å². The van der Waals surface area contributed by atoms with Gasteiger partial charge in [0.2, 0.25) is 5.88 Å². The maximum Gasteiger partial charge on any atom is 0.421 e. The van der Waals surface area contributed by atoms with Crippen LogP contribution in [0, 0.1) is 0 Å². The molecule has 0 atom stereocenters. The minimum atomic E-state index is -4.57. The highest BCUT2D eigenvalue weighted by Gasteiger charge is 2.35. The van der Waals surface area contributed by atoms with E-state index < -0.39 is 23.6 Å². The molecule has 0 spiro atoms. The highest BCUT2D eigenvalue weighted by atomic mass is 19.4. The summed E-state index contributed by atoms with van der Waals surface area (Å²) in [6.07, 6.45) is -3.45. The Kier molecular flexibility index (Phi) is 2.73. The van der Waals surface area contributed by atoms with Gasteiger partial charge in [-0.05, 0) is 12.1 Å². The summed E-state index contributed by atoms with van der Waals surface area (Å²) in [6, 6.07) is 1.92. The second kappa shape index (κ2) is 3.65. The summed E-state index contributed by atoms with van der Waals surface area (Å²) in [6.45, 7) is 1.01. The van der Waals surface area contributed by atoms with Crippen LogP contribution in [0.15, 0.2) is 18.3 Å². The van der Waals surface area contributed by atoms with Crippen molar-refractivity contribution in [1.82, 2.24) is 4.98 Å². The molecule has 0 aliphatic rings. The third-order valence-corrected chi connectivity index (χ3v) is 1.32. The Morgan fingerprint density at radius 1 is 1.50 bits per heavy atom. The van der Waals surface area contributed by atoms with Crippen LogP contribution in [0.3, 0.4) is 0 Å². The molecule has 1 heterocycles. The van der Waals surface area contributed by atoms with Crippen LogP contribution in [0.4, 0.5) is 13.2 Å². The van der Waals surface area contributed by atoms with E-state index in [4.69, 9.17) is 0 Å². The predicted molar refractivity (Wildman–Crippen MR) is 40.5 cm³/mol. The first-order chi connectivity index (χ1) is 6.41. The quantitative estimate of drug-likeness (QED) is 0.658. The van der Waals surface area contributed by atoms with Gasteiger partial charge in [-0.3, -0.25) is 4.79 Å².